The number of carbonyl (C=O) groups is 1. The minimum Gasteiger partial charge on any atom is -0.493 e. The third-order valence-corrected chi connectivity index (χ3v) is 6.40. The number of nitrogens with zero attached hydrogens (tertiary/aromatic N) is 2. The van der Waals surface area contributed by atoms with E-state index in [1.54, 1.807) is 38.5 Å². The summed E-state index contributed by atoms with van der Waals surface area (Å²) in [4.78, 5) is 15.0. The van der Waals surface area contributed by atoms with Crippen LogP contribution >= 0.6 is 11.6 Å². The molecule has 0 spiro atoms. The number of benzene rings is 2. The molecule has 2 aliphatic heterocycles. The Kier molecular flexibility index (Phi) is 5.94. The van der Waals surface area contributed by atoms with E-state index in [0.29, 0.717) is 35.1 Å². The van der Waals surface area contributed by atoms with Crippen LogP contribution in [-0.4, -0.2) is 43.8 Å². The van der Waals surface area contributed by atoms with Crippen molar-refractivity contribution in [3.8, 4) is 17.6 Å². The van der Waals surface area contributed by atoms with Crippen LogP contribution in [0, 0.1) is 11.3 Å². The van der Waals surface area contributed by atoms with Crippen molar-refractivity contribution in [1.82, 2.24) is 10.2 Å². The minimum absolute atomic E-state index is 0.0211. The molecule has 2 aliphatic rings. The second kappa shape index (κ2) is 8.66. The summed E-state index contributed by atoms with van der Waals surface area (Å²) in [5, 5.41) is 16.4. The molecule has 7 nitrogen and oxygen atoms in total. The average Bonchev–Trinajstić information content (AvgIpc) is 2.79. The highest BCUT2D eigenvalue weighted by molar-refractivity contribution is 6.30. The Labute approximate surface area is 186 Å². The summed E-state index contributed by atoms with van der Waals surface area (Å²) in [6.07, 6.45) is 1.98. The summed E-state index contributed by atoms with van der Waals surface area (Å²) in [6.45, 7) is 1.64. The Morgan fingerprint density at radius 3 is 2.58 bits per heavy atom. The molecule has 2 amide bonds. The smallest absolute Gasteiger partial charge is 0.320 e. The van der Waals surface area contributed by atoms with Gasteiger partial charge in [-0.05, 0) is 60.4 Å². The van der Waals surface area contributed by atoms with E-state index in [1.807, 2.05) is 12.1 Å². The first kappa shape index (κ1) is 21.3. The lowest BCUT2D eigenvalue weighted by molar-refractivity contribution is 0.0956. The van der Waals surface area contributed by atoms with Gasteiger partial charge in [-0.2, -0.15) is 5.26 Å². The van der Waals surface area contributed by atoms with E-state index in [0.717, 1.165) is 25.1 Å². The monoisotopic (exact) mass is 440 g/mol. The first-order chi connectivity index (χ1) is 15.0. The van der Waals surface area contributed by atoms with E-state index in [-0.39, 0.29) is 6.04 Å². The molecule has 4 rings (SSSR count). The highest BCUT2D eigenvalue weighted by Gasteiger charge is 2.44. The summed E-state index contributed by atoms with van der Waals surface area (Å²) in [6, 6.07) is 12.9. The highest BCUT2D eigenvalue weighted by Crippen LogP contribution is 2.44. The fraction of sp³-hybridized carbons (Fsp3) is 0.391. The second-order valence-corrected chi connectivity index (χ2v) is 8.38. The number of nitrogens with one attached hydrogen (secondary N) is 2. The number of hydrogen-bond donors (Lipinski definition) is 2. The van der Waals surface area contributed by atoms with Crippen molar-refractivity contribution in [2.75, 3.05) is 32.6 Å². The van der Waals surface area contributed by atoms with Crippen molar-refractivity contribution in [1.29, 1.82) is 5.26 Å². The van der Waals surface area contributed by atoms with Crippen molar-refractivity contribution in [3.05, 3.63) is 52.5 Å². The van der Waals surface area contributed by atoms with Gasteiger partial charge in [-0.25, -0.2) is 4.79 Å². The molecule has 2 N–H and O–H groups in total. The summed E-state index contributed by atoms with van der Waals surface area (Å²) in [5.41, 5.74) is 1.98. The average molecular weight is 441 g/mol. The molecule has 1 saturated heterocycles. The fourth-order valence-electron chi connectivity index (χ4n) is 4.51. The molecular formula is C23H25ClN4O3. The number of piperidine rings is 1. The number of methoxy groups -OCH3 is 2. The van der Waals surface area contributed by atoms with Gasteiger partial charge in [0.2, 0.25) is 0 Å². The van der Waals surface area contributed by atoms with Crippen molar-refractivity contribution >= 4 is 23.3 Å². The van der Waals surface area contributed by atoms with Gasteiger partial charge in [0.1, 0.15) is 5.54 Å². The Balaban J connectivity index is 1.56. The summed E-state index contributed by atoms with van der Waals surface area (Å²) in [5.74, 6) is 1.38. The summed E-state index contributed by atoms with van der Waals surface area (Å²) >= 11 is 5.90. The molecule has 2 heterocycles. The maximum Gasteiger partial charge on any atom is 0.320 e. The summed E-state index contributed by atoms with van der Waals surface area (Å²) in [7, 11) is 3.25. The molecule has 0 aliphatic carbocycles. The van der Waals surface area contributed by atoms with Crippen LogP contribution in [0.2, 0.25) is 5.02 Å². The number of amides is 2. The molecule has 0 unspecified atom stereocenters. The number of halogens is 1. The Morgan fingerprint density at radius 2 is 1.90 bits per heavy atom. The number of rotatable bonds is 4. The third kappa shape index (κ3) is 4.27. The van der Waals surface area contributed by atoms with Gasteiger partial charge >= 0.3 is 6.03 Å². The van der Waals surface area contributed by atoms with E-state index in [9.17, 15) is 10.1 Å². The summed E-state index contributed by atoms with van der Waals surface area (Å²) < 4.78 is 11.0. The molecule has 162 valence electrons. The van der Waals surface area contributed by atoms with Crippen LogP contribution in [0.15, 0.2) is 36.4 Å². The molecular weight excluding hydrogens is 416 g/mol. The maximum absolute atomic E-state index is 12.7. The van der Waals surface area contributed by atoms with E-state index in [4.69, 9.17) is 21.1 Å². The van der Waals surface area contributed by atoms with Crippen molar-refractivity contribution in [2.45, 2.75) is 30.8 Å². The molecule has 1 fully saturated rings. The maximum atomic E-state index is 12.7. The molecule has 2 aromatic rings. The molecule has 2 atom stereocenters. The SMILES string of the molecule is COc1cc2c(cc1OC)[C@@H]1C[C@](C#N)(NC(=O)Nc3ccc(Cl)cc3)CCN1CC2. The van der Waals surface area contributed by atoms with E-state index in [1.165, 1.54) is 5.56 Å². The van der Waals surface area contributed by atoms with Gasteiger partial charge in [0.05, 0.1) is 20.3 Å². The number of nitriles is 1. The lowest BCUT2D eigenvalue weighted by Gasteiger charge is -2.46. The number of urea groups is 1. The lowest BCUT2D eigenvalue weighted by Crippen LogP contribution is -2.57. The van der Waals surface area contributed by atoms with Crippen molar-refractivity contribution < 1.29 is 14.3 Å². The molecule has 2 aromatic carbocycles. The van der Waals surface area contributed by atoms with Crippen LogP contribution in [-0.2, 0) is 6.42 Å². The lowest BCUT2D eigenvalue weighted by atomic mass is 9.78. The zero-order valence-electron chi connectivity index (χ0n) is 17.6. The van der Waals surface area contributed by atoms with E-state index < -0.39 is 11.6 Å². The van der Waals surface area contributed by atoms with Gasteiger partial charge in [-0.3, -0.25) is 4.90 Å². The van der Waals surface area contributed by atoms with Crippen molar-refractivity contribution in [3.63, 3.8) is 0 Å². The Morgan fingerprint density at radius 1 is 1.19 bits per heavy atom. The van der Waals surface area contributed by atoms with Crippen LogP contribution in [0.4, 0.5) is 10.5 Å². The highest BCUT2D eigenvalue weighted by atomic mass is 35.5. The predicted molar refractivity (Wildman–Crippen MR) is 119 cm³/mol. The minimum atomic E-state index is -0.959. The quantitative estimate of drug-likeness (QED) is 0.746. The van der Waals surface area contributed by atoms with Gasteiger partial charge in [0.25, 0.3) is 0 Å². The van der Waals surface area contributed by atoms with Gasteiger partial charge < -0.3 is 20.1 Å². The zero-order valence-corrected chi connectivity index (χ0v) is 18.3. The fourth-order valence-corrected chi connectivity index (χ4v) is 4.64. The standard InChI is InChI=1S/C23H25ClN4O3/c1-30-20-11-15-7-9-28-10-8-23(14-25,13-19(28)18(15)12-21(20)31-2)27-22(29)26-17-5-3-16(24)4-6-17/h3-6,11-12,19H,7-10,13H2,1-2H3,(H2,26,27,29)/t19-,23+/m0/s1. The normalized spacial score (nSPS) is 22.5. The topological polar surface area (TPSA) is 86.6 Å². The number of anilines is 1. The molecule has 0 aromatic heterocycles. The van der Waals surface area contributed by atoms with Crippen LogP contribution in [0.3, 0.4) is 0 Å². The number of carbonyl (C=O) groups excluding carboxylic acids is 1. The first-order valence-corrected chi connectivity index (χ1v) is 10.6. The Bertz CT molecular complexity index is 1020. The van der Waals surface area contributed by atoms with Gasteiger partial charge in [-0.1, -0.05) is 11.6 Å². The van der Waals surface area contributed by atoms with Gasteiger partial charge in [-0.15, -0.1) is 0 Å². The first-order valence-electron chi connectivity index (χ1n) is 10.2. The molecule has 0 bridgehead atoms. The third-order valence-electron chi connectivity index (χ3n) is 6.15. The van der Waals surface area contributed by atoms with Crippen LogP contribution in [0.25, 0.3) is 0 Å². The van der Waals surface area contributed by atoms with Gasteiger partial charge in [0.15, 0.2) is 11.5 Å². The van der Waals surface area contributed by atoms with Gasteiger partial charge in [0, 0.05) is 36.3 Å². The number of fused-ring (bicyclic) bond motifs is 3. The van der Waals surface area contributed by atoms with Crippen LogP contribution in [0.1, 0.15) is 30.0 Å². The van der Waals surface area contributed by atoms with Crippen LogP contribution < -0.4 is 20.1 Å². The van der Waals surface area contributed by atoms with E-state index in [2.05, 4.69) is 21.6 Å². The molecule has 8 heteroatoms. The second-order valence-electron chi connectivity index (χ2n) is 7.94. The largest absolute Gasteiger partial charge is 0.493 e. The zero-order chi connectivity index (χ0) is 22.0. The van der Waals surface area contributed by atoms with Crippen molar-refractivity contribution in [2.24, 2.45) is 0 Å². The molecule has 31 heavy (non-hydrogen) atoms. The predicted octanol–water partition coefficient (Wildman–Crippen LogP) is 4.13. The molecule has 0 radical (unpaired) electrons. The Hall–Kier alpha value is -2.95. The number of ether oxygens (including phenoxy) is 2. The van der Waals surface area contributed by atoms with E-state index >= 15 is 0 Å². The number of hydrogen-bond acceptors (Lipinski definition) is 5. The molecule has 0 saturated carbocycles. The van der Waals surface area contributed by atoms with Crippen LogP contribution in [0.5, 0.6) is 11.5 Å².